The summed E-state index contributed by atoms with van der Waals surface area (Å²) in [6.45, 7) is 0. The Bertz CT molecular complexity index is 1110. The standard InChI is InChI=1S/C18H14N4O2S/c1-23-15-7-6-13-9-12(4-5-14(13)10-15)11-19-22-17(20-21-18(22)25)16-3-2-8-24-16/h2-11H,1H3,(H,21,25)/b19-11-. The highest BCUT2D eigenvalue weighted by Crippen LogP contribution is 2.22. The first-order valence-electron chi connectivity index (χ1n) is 7.58. The molecule has 25 heavy (non-hydrogen) atoms. The van der Waals surface area contributed by atoms with Crippen LogP contribution in [0.2, 0.25) is 0 Å². The van der Waals surface area contributed by atoms with Gasteiger partial charge in [0.05, 0.1) is 19.6 Å². The van der Waals surface area contributed by atoms with Gasteiger partial charge in [-0.25, -0.2) is 5.10 Å². The number of nitrogens with zero attached hydrogens (tertiary/aromatic N) is 3. The molecular weight excluding hydrogens is 336 g/mol. The van der Waals surface area contributed by atoms with E-state index >= 15 is 0 Å². The first-order valence-corrected chi connectivity index (χ1v) is 7.99. The molecule has 124 valence electrons. The van der Waals surface area contributed by atoms with Crippen LogP contribution in [0.3, 0.4) is 0 Å². The average molecular weight is 350 g/mol. The van der Waals surface area contributed by atoms with Gasteiger partial charge in [0.1, 0.15) is 5.75 Å². The molecule has 2 heterocycles. The Labute approximate surface area is 148 Å². The summed E-state index contributed by atoms with van der Waals surface area (Å²) in [7, 11) is 1.66. The van der Waals surface area contributed by atoms with Crippen molar-refractivity contribution in [3.8, 4) is 17.3 Å². The molecule has 0 atom stereocenters. The van der Waals surface area contributed by atoms with Crippen LogP contribution in [0.25, 0.3) is 22.4 Å². The Hall–Kier alpha value is -3.19. The van der Waals surface area contributed by atoms with Crippen molar-refractivity contribution in [3.05, 3.63) is 65.1 Å². The molecule has 0 saturated carbocycles. The zero-order chi connectivity index (χ0) is 17.2. The number of benzene rings is 2. The second-order valence-electron chi connectivity index (χ2n) is 5.36. The number of fused-ring (bicyclic) bond motifs is 1. The highest BCUT2D eigenvalue weighted by atomic mass is 32.1. The van der Waals surface area contributed by atoms with Crippen molar-refractivity contribution in [1.29, 1.82) is 0 Å². The molecule has 0 unspecified atom stereocenters. The van der Waals surface area contributed by atoms with E-state index in [-0.39, 0.29) is 0 Å². The maximum absolute atomic E-state index is 5.37. The number of hydrogen-bond acceptors (Lipinski definition) is 5. The van der Waals surface area contributed by atoms with Crippen molar-refractivity contribution in [1.82, 2.24) is 14.9 Å². The molecule has 7 heteroatoms. The summed E-state index contributed by atoms with van der Waals surface area (Å²) in [4.78, 5) is 0. The number of ether oxygens (including phenoxy) is 1. The maximum Gasteiger partial charge on any atom is 0.219 e. The molecule has 0 radical (unpaired) electrons. The summed E-state index contributed by atoms with van der Waals surface area (Å²) in [5.41, 5.74) is 0.950. The highest BCUT2D eigenvalue weighted by molar-refractivity contribution is 7.71. The number of rotatable bonds is 4. The van der Waals surface area contributed by atoms with Crippen LogP contribution in [0.4, 0.5) is 0 Å². The van der Waals surface area contributed by atoms with Gasteiger partial charge in [0.2, 0.25) is 10.6 Å². The van der Waals surface area contributed by atoms with Crippen molar-refractivity contribution >= 4 is 29.2 Å². The summed E-state index contributed by atoms with van der Waals surface area (Å²) in [6.07, 6.45) is 3.32. The highest BCUT2D eigenvalue weighted by Gasteiger charge is 2.10. The number of nitrogens with one attached hydrogen (secondary N) is 1. The first-order chi connectivity index (χ1) is 12.2. The molecule has 0 fully saturated rings. The summed E-state index contributed by atoms with van der Waals surface area (Å²) in [5.74, 6) is 1.95. The van der Waals surface area contributed by atoms with E-state index in [1.165, 1.54) is 4.68 Å². The van der Waals surface area contributed by atoms with Crippen molar-refractivity contribution in [3.63, 3.8) is 0 Å². The third kappa shape index (κ3) is 2.97. The number of furan rings is 1. The van der Waals surface area contributed by atoms with E-state index in [0.717, 1.165) is 22.1 Å². The van der Waals surface area contributed by atoms with E-state index in [4.69, 9.17) is 21.4 Å². The molecular formula is C18H14N4O2S. The van der Waals surface area contributed by atoms with Crippen LogP contribution in [0, 0.1) is 4.77 Å². The Morgan fingerprint density at radius 3 is 2.84 bits per heavy atom. The van der Waals surface area contributed by atoms with Gasteiger partial charge < -0.3 is 9.15 Å². The molecule has 0 bridgehead atoms. The lowest BCUT2D eigenvalue weighted by Gasteiger charge is -2.03. The Kier molecular flexibility index (Phi) is 3.91. The Morgan fingerprint density at radius 1 is 1.20 bits per heavy atom. The fourth-order valence-corrected chi connectivity index (χ4v) is 2.72. The molecule has 0 aliphatic rings. The second-order valence-corrected chi connectivity index (χ2v) is 5.75. The summed E-state index contributed by atoms with van der Waals surface area (Å²) in [6, 6.07) is 15.6. The van der Waals surface area contributed by atoms with Crippen LogP contribution in [0.1, 0.15) is 5.56 Å². The summed E-state index contributed by atoms with van der Waals surface area (Å²) in [5, 5.41) is 13.5. The molecule has 0 saturated heterocycles. The quantitative estimate of drug-likeness (QED) is 0.441. The third-order valence-corrected chi connectivity index (χ3v) is 4.05. The van der Waals surface area contributed by atoms with Crippen LogP contribution < -0.4 is 4.74 Å². The molecule has 0 aliphatic carbocycles. The number of methoxy groups -OCH3 is 1. The average Bonchev–Trinajstić information content (AvgIpc) is 3.29. The number of H-pyrrole nitrogens is 1. The van der Waals surface area contributed by atoms with Gasteiger partial charge in [-0.05, 0) is 58.9 Å². The van der Waals surface area contributed by atoms with Crippen LogP contribution >= 0.6 is 12.2 Å². The van der Waals surface area contributed by atoms with Gasteiger partial charge in [0.25, 0.3) is 0 Å². The predicted octanol–water partition coefficient (Wildman–Crippen LogP) is 4.24. The second kappa shape index (κ2) is 6.37. The first kappa shape index (κ1) is 15.3. The predicted molar refractivity (Wildman–Crippen MR) is 98.6 cm³/mol. The van der Waals surface area contributed by atoms with E-state index in [0.29, 0.717) is 16.4 Å². The van der Waals surface area contributed by atoms with Gasteiger partial charge in [-0.1, -0.05) is 18.2 Å². The van der Waals surface area contributed by atoms with Crippen molar-refractivity contribution < 1.29 is 9.15 Å². The van der Waals surface area contributed by atoms with Crippen molar-refractivity contribution in [2.75, 3.05) is 7.11 Å². The fraction of sp³-hybridized carbons (Fsp3) is 0.0556. The topological polar surface area (TPSA) is 68.3 Å². The van der Waals surface area contributed by atoms with Gasteiger partial charge in [0.15, 0.2) is 5.76 Å². The van der Waals surface area contributed by atoms with Gasteiger partial charge >= 0.3 is 0 Å². The molecule has 6 nitrogen and oxygen atoms in total. The van der Waals surface area contributed by atoms with Gasteiger partial charge in [-0.3, -0.25) is 0 Å². The lowest BCUT2D eigenvalue weighted by atomic mass is 10.1. The van der Waals surface area contributed by atoms with Crippen LogP contribution in [-0.2, 0) is 0 Å². The monoisotopic (exact) mass is 350 g/mol. The van der Waals surface area contributed by atoms with E-state index in [1.54, 1.807) is 31.7 Å². The summed E-state index contributed by atoms with van der Waals surface area (Å²) < 4.78 is 12.6. The zero-order valence-electron chi connectivity index (χ0n) is 13.3. The largest absolute Gasteiger partial charge is 0.497 e. The molecule has 4 rings (SSSR count). The maximum atomic E-state index is 5.37. The number of aromatic amines is 1. The zero-order valence-corrected chi connectivity index (χ0v) is 14.2. The van der Waals surface area contributed by atoms with Crippen molar-refractivity contribution in [2.45, 2.75) is 0 Å². The molecule has 4 aromatic rings. The molecule has 0 spiro atoms. The van der Waals surface area contributed by atoms with E-state index < -0.39 is 0 Å². The minimum Gasteiger partial charge on any atom is -0.497 e. The van der Waals surface area contributed by atoms with Crippen molar-refractivity contribution in [2.24, 2.45) is 5.10 Å². The van der Waals surface area contributed by atoms with Crippen LogP contribution in [-0.4, -0.2) is 28.2 Å². The minimum atomic E-state index is 0.396. The van der Waals surface area contributed by atoms with Crippen LogP contribution in [0.15, 0.2) is 64.3 Å². The SMILES string of the molecule is COc1ccc2cc(/C=N\n3c(-c4ccco4)n[nH]c3=S)ccc2c1. The molecule has 1 N–H and O–H groups in total. The molecule has 0 aliphatic heterocycles. The van der Waals surface area contributed by atoms with Gasteiger partial charge in [-0.2, -0.15) is 9.78 Å². The Morgan fingerprint density at radius 2 is 2.04 bits per heavy atom. The number of hydrogen-bond donors (Lipinski definition) is 1. The molecule has 2 aromatic heterocycles. The third-order valence-electron chi connectivity index (χ3n) is 3.79. The molecule has 2 aromatic carbocycles. The minimum absolute atomic E-state index is 0.396. The fourth-order valence-electron chi connectivity index (χ4n) is 2.54. The van der Waals surface area contributed by atoms with E-state index in [1.807, 2.05) is 30.3 Å². The Balaban J connectivity index is 1.70. The van der Waals surface area contributed by atoms with Gasteiger partial charge in [0, 0.05) is 0 Å². The van der Waals surface area contributed by atoms with Crippen LogP contribution in [0.5, 0.6) is 5.75 Å². The summed E-state index contributed by atoms with van der Waals surface area (Å²) >= 11 is 5.24. The van der Waals surface area contributed by atoms with E-state index in [2.05, 4.69) is 21.4 Å². The lowest BCUT2D eigenvalue weighted by molar-refractivity contribution is 0.415. The number of aromatic nitrogens is 3. The van der Waals surface area contributed by atoms with Gasteiger partial charge in [-0.15, -0.1) is 5.10 Å². The van der Waals surface area contributed by atoms with E-state index in [9.17, 15) is 0 Å². The smallest absolute Gasteiger partial charge is 0.219 e. The lowest BCUT2D eigenvalue weighted by Crippen LogP contribution is -1.94. The normalized spacial score (nSPS) is 11.4. The molecule has 0 amide bonds.